The van der Waals surface area contributed by atoms with E-state index in [9.17, 15) is 14.9 Å². The number of hydrogen-bond acceptors (Lipinski definition) is 4. The van der Waals surface area contributed by atoms with Crippen LogP contribution in [0.4, 0.5) is 5.69 Å². The molecule has 3 aromatic rings. The number of nitro benzene ring substituents is 1. The number of hydrazone groups is 1. The molecule has 2 aromatic carbocycles. The Labute approximate surface area is 130 Å². The van der Waals surface area contributed by atoms with Crippen molar-refractivity contribution in [3.8, 4) is 0 Å². The molecule has 0 aliphatic heterocycles. The first-order valence-corrected chi connectivity index (χ1v) is 6.79. The number of nitrogens with one attached hydrogen (secondary N) is 2. The Morgan fingerprint density at radius 3 is 2.65 bits per heavy atom. The van der Waals surface area contributed by atoms with Crippen LogP contribution in [0.3, 0.4) is 0 Å². The van der Waals surface area contributed by atoms with E-state index < -0.39 is 10.8 Å². The summed E-state index contributed by atoms with van der Waals surface area (Å²) < 4.78 is 0. The Balaban J connectivity index is 1.70. The van der Waals surface area contributed by atoms with Crippen molar-refractivity contribution in [3.63, 3.8) is 0 Å². The van der Waals surface area contributed by atoms with Crippen LogP contribution < -0.4 is 5.43 Å². The van der Waals surface area contributed by atoms with Gasteiger partial charge in [-0.3, -0.25) is 14.9 Å². The number of aromatic nitrogens is 1. The first-order chi connectivity index (χ1) is 11.1. The maximum atomic E-state index is 11.9. The van der Waals surface area contributed by atoms with Crippen molar-refractivity contribution in [2.75, 3.05) is 0 Å². The van der Waals surface area contributed by atoms with Gasteiger partial charge in [0.25, 0.3) is 11.6 Å². The summed E-state index contributed by atoms with van der Waals surface area (Å²) in [4.78, 5) is 25.1. The van der Waals surface area contributed by atoms with Gasteiger partial charge < -0.3 is 4.98 Å². The summed E-state index contributed by atoms with van der Waals surface area (Å²) in [6.07, 6.45) is 3.34. The van der Waals surface area contributed by atoms with E-state index in [0.717, 1.165) is 16.5 Å². The molecule has 114 valence electrons. The molecule has 0 spiro atoms. The number of carbonyl (C=O) groups is 1. The Hall–Kier alpha value is -3.48. The van der Waals surface area contributed by atoms with Gasteiger partial charge in [0.05, 0.1) is 11.1 Å². The predicted octanol–water partition coefficient (Wildman–Crippen LogP) is 2.84. The second kappa shape index (κ2) is 6.10. The van der Waals surface area contributed by atoms with Crippen molar-refractivity contribution in [1.82, 2.24) is 10.4 Å². The van der Waals surface area contributed by atoms with E-state index in [1.165, 1.54) is 24.3 Å². The molecule has 0 radical (unpaired) electrons. The van der Waals surface area contributed by atoms with Crippen LogP contribution in [0.25, 0.3) is 10.9 Å². The minimum atomic E-state index is -0.517. The zero-order valence-corrected chi connectivity index (χ0v) is 11.9. The average molecular weight is 308 g/mol. The summed E-state index contributed by atoms with van der Waals surface area (Å²) in [5, 5.41) is 15.5. The zero-order valence-electron chi connectivity index (χ0n) is 11.9. The summed E-state index contributed by atoms with van der Waals surface area (Å²) in [6.45, 7) is 0. The van der Waals surface area contributed by atoms with Crippen molar-refractivity contribution < 1.29 is 9.72 Å². The highest BCUT2D eigenvalue weighted by atomic mass is 16.6. The van der Waals surface area contributed by atoms with Gasteiger partial charge in [0.2, 0.25) is 0 Å². The quantitative estimate of drug-likeness (QED) is 0.440. The van der Waals surface area contributed by atoms with Crippen LogP contribution in [0.15, 0.2) is 59.8 Å². The number of fused-ring (bicyclic) bond motifs is 1. The fraction of sp³-hybridized carbons (Fsp3) is 0. The number of carbonyl (C=O) groups excluding carboxylic acids is 1. The molecule has 0 fully saturated rings. The standard InChI is InChI=1S/C16H12N4O3/c21-16(11-5-7-13(8-6-11)20(22)23)19-18-10-12-9-17-15-4-2-1-3-14(12)15/h1-10,17H,(H,19,21)/b18-10-. The van der Waals surface area contributed by atoms with E-state index in [1.807, 2.05) is 24.3 Å². The number of nitrogens with zero attached hydrogens (tertiary/aromatic N) is 2. The molecule has 2 N–H and O–H groups in total. The van der Waals surface area contributed by atoms with E-state index >= 15 is 0 Å². The minimum absolute atomic E-state index is 0.0659. The second-order valence-electron chi connectivity index (χ2n) is 4.79. The Bertz CT molecular complexity index is 897. The number of aromatic amines is 1. The molecule has 3 rings (SSSR count). The van der Waals surface area contributed by atoms with Gasteiger partial charge in [0, 0.05) is 40.4 Å². The van der Waals surface area contributed by atoms with Gasteiger partial charge in [-0.2, -0.15) is 5.10 Å². The zero-order chi connectivity index (χ0) is 16.2. The number of para-hydroxylation sites is 1. The summed E-state index contributed by atoms with van der Waals surface area (Å²) in [6, 6.07) is 13.1. The molecular weight excluding hydrogens is 296 g/mol. The van der Waals surface area contributed by atoms with Crippen molar-refractivity contribution in [2.24, 2.45) is 5.10 Å². The molecule has 0 unspecified atom stereocenters. The molecule has 23 heavy (non-hydrogen) atoms. The van der Waals surface area contributed by atoms with Gasteiger partial charge in [-0.15, -0.1) is 0 Å². The lowest BCUT2D eigenvalue weighted by atomic mass is 10.2. The van der Waals surface area contributed by atoms with Crippen LogP contribution in [-0.4, -0.2) is 22.0 Å². The van der Waals surface area contributed by atoms with Crippen LogP contribution in [0.5, 0.6) is 0 Å². The molecule has 0 saturated heterocycles. The van der Waals surface area contributed by atoms with Crippen molar-refractivity contribution in [2.45, 2.75) is 0 Å². The molecular formula is C16H12N4O3. The normalized spacial score (nSPS) is 11.0. The third-order valence-electron chi connectivity index (χ3n) is 3.33. The fourth-order valence-electron chi connectivity index (χ4n) is 2.16. The molecule has 7 heteroatoms. The van der Waals surface area contributed by atoms with Gasteiger partial charge in [0.1, 0.15) is 0 Å². The Morgan fingerprint density at radius 1 is 1.17 bits per heavy atom. The van der Waals surface area contributed by atoms with Crippen LogP contribution in [0.2, 0.25) is 0 Å². The molecule has 0 aliphatic carbocycles. The highest BCUT2D eigenvalue weighted by Gasteiger charge is 2.08. The first-order valence-electron chi connectivity index (χ1n) is 6.79. The predicted molar refractivity (Wildman–Crippen MR) is 86.5 cm³/mol. The molecule has 1 amide bonds. The van der Waals surface area contributed by atoms with E-state index in [1.54, 1.807) is 12.4 Å². The number of nitro groups is 1. The van der Waals surface area contributed by atoms with Gasteiger partial charge in [0.15, 0.2) is 0 Å². The topological polar surface area (TPSA) is 100 Å². The summed E-state index contributed by atoms with van der Waals surface area (Å²) in [5.41, 5.74) is 4.46. The number of amides is 1. The highest BCUT2D eigenvalue weighted by molar-refractivity contribution is 6.00. The third kappa shape index (κ3) is 3.08. The van der Waals surface area contributed by atoms with E-state index in [4.69, 9.17) is 0 Å². The fourth-order valence-corrected chi connectivity index (χ4v) is 2.16. The molecule has 1 heterocycles. The molecule has 0 bridgehead atoms. The van der Waals surface area contributed by atoms with Crippen LogP contribution in [0.1, 0.15) is 15.9 Å². The number of H-pyrrole nitrogens is 1. The third-order valence-corrected chi connectivity index (χ3v) is 3.33. The van der Waals surface area contributed by atoms with Crippen LogP contribution in [-0.2, 0) is 0 Å². The summed E-state index contributed by atoms with van der Waals surface area (Å²) in [7, 11) is 0. The Morgan fingerprint density at radius 2 is 1.91 bits per heavy atom. The van der Waals surface area contributed by atoms with Gasteiger partial charge in [-0.25, -0.2) is 5.43 Å². The van der Waals surface area contributed by atoms with E-state index in [-0.39, 0.29) is 5.69 Å². The maximum absolute atomic E-state index is 11.9. The van der Waals surface area contributed by atoms with Gasteiger partial charge >= 0.3 is 0 Å². The molecule has 0 aliphatic rings. The van der Waals surface area contributed by atoms with E-state index in [2.05, 4.69) is 15.5 Å². The van der Waals surface area contributed by atoms with E-state index in [0.29, 0.717) is 5.56 Å². The highest BCUT2D eigenvalue weighted by Crippen LogP contribution is 2.15. The number of benzene rings is 2. The monoisotopic (exact) mass is 308 g/mol. The smallest absolute Gasteiger partial charge is 0.271 e. The lowest BCUT2D eigenvalue weighted by molar-refractivity contribution is -0.384. The van der Waals surface area contributed by atoms with Crippen molar-refractivity contribution in [1.29, 1.82) is 0 Å². The van der Waals surface area contributed by atoms with Crippen molar-refractivity contribution in [3.05, 3.63) is 76.0 Å². The molecule has 0 saturated carbocycles. The molecule has 1 aromatic heterocycles. The summed E-state index contributed by atoms with van der Waals surface area (Å²) >= 11 is 0. The van der Waals surface area contributed by atoms with Crippen LogP contribution >= 0.6 is 0 Å². The maximum Gasteiger partial charge on any atom is 0.271 e. The van der Waals surface area contributed by atoms with Gasteiger partial charge in [-0.1, -0.05) is 18.2 Å². The number of hydrogen-bond donors (Lipinski definition) is 2. The second-order valence-corrected chi connectivity index (χ2v) is 4.79. The summed E-state index contributed by atoms with van der Waals surface area (Å²) in [5.74, 6) is -0.434. The van der Waals surface area contributed by atoms with Gasteiger partial charge in [-0.05, 0) is 18.2 Å². The number of non-ortho nitro benzene ring substituents is 1. The molecule has 0 atom stereocenters. The van der Waals surface area contributed by atoms with Crippen LogP contribution in [0, 0.1) is 10.1 Å². The first kappa shape index (κ1) is 14.5. The largest absolute Gasteiger partial charge is 0.361 e. The number of rotatable bonds is 4. The molecule has 7 nitrogen and oxygen atoms in total. The average Bonchev–Trinajstić information content (AvgIpc) is 2.98. The minimum Gasteiger partial charge on any atom is -0.361 e. The lowest BCUT2D eigenvalue weighted by Crippen LogP contribution is -2.17. The SMILES string of the molecule is O=C(N/N=C\c1c[nH]c2ccccc12)c1ccc([N+](=O)[O-])cc1. The Kier molecular flexibility index (Phi) is 3.84. The lowest BCUT2D eigenvalue weighted by Gasteiger charge is -1.99. The van der Waals surface area contributed by atoms with Crippen molar-refractivity contribution >= 4 is 28.7 Å².